The fourth-order valence-corrected chi connectivity index (χ4v) is 1.33. The van der Waals surface area contributed by atoms with Gasteiger partial charge in [0, 0.05) is 19.4 Å². The third kappa shape index (κ3) is 4.10. The van der Waals surface area contributed by atoms with Crippen LogP contribution < -0.4 is 0 Å². The van der Waals surface area contributed by atoms with Gasteiger partial charge < -0.3 is 9.47 Å². The van der Waals surface area contributed by atoms with Crippen LogP contribution in [0.4, 0.5) is 0 Å². The number of hydrogen-bond acceptors (Lipinski definition) is 4. The monoisotopic (exact) mass is 234 g/mol. The minimum absolute atomic E-state index is 0.258. The lowest BCUT2D eigenvalue weighted by Gasteiger charge is -2.11. The van der Waals surface area contributed by atoms with E-state index in [4.69, 9.17) is 9.47 Å². The minimum atomic E-state index is -0.463. The van der Waals surface area contributed by atoms with Gasteiger partial charge in [-0.15, -0.1) is 0 Å². The second kappa shape index (κ2) is 5.84. The van der Waals surface area contributed by atoms with Crippen molar-refractivity contribution in [2.24, 2.45) is 0 Å². The molecule has 0 aliphatic rings. The van der Waals surface area contributed by atoms with Gasteiger partial charge in [0.2, 0.25) is 0 Å². The molecular weight excluding hydrogens is 220 g/mol. The van der Waals surface area contributed by atoms with Gasteiger partial charge in [0.25, 0.3) is 0 Å². The van der Waals surface area contributed by atoms with Crippen LogP contribution in [-0.2, 0) is 19.1 Å². The van der Waals surface area contributed by atoms with Gasteiger partial charge in [0.05, 0.1) is 0 Å². The highest BCUT2D eigenvalue weighted by molar-refractivity contribution is 5.78. The van der Waals surface area contributed by atoms with Crippen LogP contribution >= 0.6 is 0 Å². The number of hydrogen-bond donors (Lipinski definition) is 0. The maximum absolute atomic E-state index is 11.0. The molecule has 17 heavy (non-hydrogen) atoms. The number of carbonyl (C=O) groups is 2. The summed E-state index contributed by atoms with van der Waals surface area (Å²) in [4.78, 5) is 21.9. The molecule has 0 unspecified atom stereocenters. The van der Waals surface area contributed by atoms with Crippen molar-refractivity contribution in [2.75, 3.05) is 0 Å². The smallest absolute Gasteiger partial charge is 0.308 e. The highest BCUT2D eigenvalue weighted by Gasteiger charge is 2.12. The Labute approximate surface area is 99.8 Å². The lowest BCUT2D eigenvalue weighted by Crippen LogP contribution is -2.05. The SMILES string of the molecule is CC(=O)OC(C)=C(OC(C)=O)c1ccccc1. The summed E-state index contributed by atoms with van der Waals surface area (Å²) in [6.45, 7) is 4.16. The van der Waals surface area contributed by atoms with Crippen molar-refractivity contribution in [1.82, 2.24) is 0 Å². The second-order valence-corrected chi connectivity index (χ2v) is 3.44. The molecule has 0 bridgehead atoms. The number of ether oxygens (including phenoxy) is 2. The van der Waals surface area contributed by atoms with Crippen molar-refractivity contribution in [3.8, 4) is 0 Å². The van der Waals surface area contributed by atoms with Gasteiger partial charge in [0.15, 0.2) is 5.76 Å². The van der Waals surface area contributed by atoms with Crippen molar-refractivity contribution in [3.05, 3.63) is 41.7 Å². The van der Waals surface area contributed by atoms with Gasteiger partial charge in [-0.3, -0.25) is 9.59 Å². The van der Waals surface area contributed by atoms with Crippen LogP contribution in [0, 0.1) is 0 Å². The number of allylic oxidation sites excluding steroid dienone is 1. The van der Waals surface area contributed by atoms with Gasteiger partial charge in [-0.2, -0.15) is 0 Å². The molecule has 0 fully saturated rings. The molecule has 1 aromatic carbocycles. The fraction of sp³-hybridized carbons (Fsp3) is 0.231. The molecule has 0 aliphatic heterocycles. The van der Waals surface area contributed by atoms with E-state index in [1.165, 1.54) is 13.8 Å². The molecule has 0 N–H and O–H groups in total. The zero-order valence-electron chi connectivity index (χ0n) is 10.0. The standard InChI is InChI=1S/C13H14O4/c1-9(16-10(2)14)13(17-11(3)15)12-7-5-4-6-8-12/h4-8H,1-3H3. The molecule has 0 spiro atoms. The van der Waals surface area contributed by atoms with Crippen molar-refractivity contribution in [3.63, 3.8) is 0 Å². The van der Waals surface area contributed by atoms with Gasteiger partial charge in [-0.25, -0.2) is 0 Å². The summed E-state index contributed by atoms with van der Waals surface area (Å²) in [6, 6.07) is 8.99. The van der Waals surface area contributed by atoms with Crippen molar-refractivity contribution in [1.29, 1.82) is 0 Å². The van der Waals surface area contributed by atoms with Crippen LogP contribution in [0.25, 0.3) is 5.76 Å². The Balaban J connectivity index is 3.11. The van der Waals surface area contributed by atoms with Crippen LogP contribution in [-0.4, -0.2) is 11.9 Å². The predicted octanol–water partition coefficient (Wildman–Crippen LogP) is 2.50. The van der Waals surface area contributed by atoms with E-state index in [9.17, 15) is 9.59 Å². The Morgan fingerprint density at radius 1 is 0.882 bits per heavy atom. The maximum atomic E-state index is 11.0. The van der Waals surface area contributed by atoms with E-state index in [0.717, 1.165) is 0 Å². The molecule has 4 heteroatoms. The summed E-state index contributed by atoms with van der Waals surface area (Å²) in [7, 11) is 0. The molecule has 0 saturated carbocycles. The number of rotatable bonds is 3. The van der Waals surface area contributed by atoms with Crippen LogP contribution in [0.1, 0.15) is 26.3 Å². The average molecular weight is 234 g/mol. The average Bonchev–Trinajstić information content (AvgIpc) is 2.25. The van der Waals surface area contributed by atoms with Crippen LogP contribution in [0.3, 0.4) is 0 Å². The predicted molar refractivity (Wildman–Crippen MR) is 62.6 cm³/mol. The van der Waals surface area contributed by atoms with Crippen LogP contribution in [0.5, 0.6) is 0 Å². The topological polar surface area (TPSA) is 52.6 Å². The van der Waals surface area contributed by atoms with Crippen molar-refractivity contribution >= 4 is 17.7 Å². The van der Waals surface area contributed by atoms with E-state index >= 15 is 0 Å². The van der Waals surface area contributed by atoms with Gasteiger partial charge in [0.1, 0.15) is 5.76 Å². The lowest BCUT2D eigenvalue weighted by atomic mass is 10.2. The maximum Gasteiger partial charge on any atom is 0.308 e. The lowest BCUT2D eigenvalue weighted by molar-refractivity contribution is -0.138. The van der Waals surface area contributed by atoms with Crippen LogP contribution in [0.2, 0.25) is 0 Å². The Morgan fingerprint density at radius 3 is 1.88 bits per heavy atom. The highest BCUT2D eigenvalue weighted by Crippen LogP contribution is 2.21. The Morgan fingerprint density at radius 2 is 1.41 bits per heavy atom. The third-order valence-electron chi connectivity index (χ3n) is 1.90. The Kier molecular flexibility index (Phi) is 4.46. The third-order valence-corrected chi connectivity index (χ3v) is 1.90. The van der Waals surface area contributed by atoms with Gasteiger partial charge >= 0.3 is 11.9 Å². The summed E-state index contributed by atoms with van der Waals surface area (Å²) in [5.74, 6) is -0.398. The molecule has 0 amide bonds. The molecule has 1 aromatic rings. The van der Waals surface area contributed by atoms with E-state index < -0.39 is 11.9 Å². The summed E-state index contributed by atoms with van der Waals surface area (Å²) >= 11 is 0. The minimum Gasteiger partial charge on any atom is -0.428 e. The zero-order chi connectivity index (χ0) is 12.8. The number of esters is 2. The van der Waals surface area contributed by atoms with E-state index in [1.54, 1.807) is 31.2 Å². The summed E-state index contributed by atoms with van der Waals surface area (Å²) in [6.07, 6.45) is 0. The molecule has 0 aromatic heterocycles. The number of benzene rings is 1. The fourth-order valence-electron chi connectivity index (χ4n) is 1.33. The summed E-state index contributed by atoms with van der Waals surface area (Å²) in [5, 5.41) is 0. The number of carbonyl (C=O) groups excluding carboxylic acids is 2. The molecule has 1 rings (SSSR count). The van der Waals surface area contributed by atoms with Gasteiger partial charge in [-0.1, -0.05) is 30.3 Å². The Bertz CT molecular complexity index is 446. The summed E-state index contributed by atoms with van der Waals surface area (Å²) < 4.78 is 9.99. The molecule has 0 aliphatic carbocycles. The van der Waals surface area contributed by atoms with Crippen molar-refractivity contribution < 1.29 is 19.1 Å². The van der Waals surface area contributed by atoms with E-state index in [2.05, 4.69) is 0 Å². The molecule has 0 heterocycles. The quantitative estimate of drug-likeness (QED) is 0.595. The van der Waals surface area contributed by atoms with E-state index in [-0.39, 0.29) is 11.5 Å². The largest absolute Gasteiger partial charge is 0.428 e. The first-order chi connectivity index (χ1) is 8.00. The normalized spacial score (nSPS) is 11.5. The molecule has 0 saturated heterocycles. The molecule has 0 radical (unpaired) electrons. The van der Waals surface area contributed by atoms with E-state index in [0.29, 0.717) is 5.56 Å². The van der Waals surface area contributed by atoms with Crippen LogP contribution in [0.15, 0.2) is 36.1 Å². The Hall–Kier alpha value is -2.10. The van der Waals surface area contributed by atoms with Crippen molar-refractivity contribution in [2.45, 2.75) is 20.8 Å². The van der Waals surface area contributed by atoms with Gasteiger partial charge in [-0.05, 0) is 6.92 Å². The second-order valence-electron chi connectivity index (χ2n) is 3.44. The zero-order valence-corrected chi connectivity index (χ0v) is 10.0. The van der Waals surface area contributed by atoms with E-state index in [1.807, 2.05) is 6.07 Å². The first-order valence-corrected chi connectivity index (χ1v) is 5.14. The first-order valence-electron chi connectivity index (χ1n) is 5.14. The molecule has 90 valence electrons. The highest BCUT2D eigenvalue weighted by atomic mass is 16.6. The molecular formula is C13H14O4. The molecule has 0 atom stereocenters. The first kappa shape index (κ1) is 13.0. The molecule has 4 nitrogen and oxygen atoms in total. The summed E-state index contributed by atoms with van der Waals surface area (Å²) in [5.41, 5.74) is 0.682.